The number of fused-ring (bicyclic) bond motifs is 1. The molecule has 5 nitrogen and oxygen atoms in total. The number of nitrogens with zero attached hydrogens (tertiary/aromatic N) is 3. The van der Waals surface area contributed by atoms with Crippen molar-refractivity contribution in [1.82, 2.24) is 9.55 Å². The molecule has 0 aliphatic rings. The highest BCUT2D eigenvalue weighted by Gasteiger charge is 2.17. The van der Waals surface area contributed by atoms with E-state index in [-0.39, 0.29) is 11.4 Å². The molecule has 6 heteroatoms. The van der Waals surface area contributed by atoms with E-state index in [4.69, 9.17) is 0 Å². The molecule has 0 saturated heterocycles. The SMILES string of the molecule is Cc1cccc(N=Cc2c(O)n(-c3nccs3)c(=O)c3ccccc23)c1. The Balaban J connectivity index is 1.98. The number of thiazole rings is 1. The molecule has 0 amide bonds. The molecule has 2 aromatic carbocycles. The third kappa shape index (κ3) is 2.80. The summed E-state index contributed by atoms with van der Waals surface area (Å²) < 4.78 is 1.23. The van der Waals surface area contributed by atoms with Crippen LogP contribution in [0.15, 0.2) is 69.9 Å². The standard InChI is InChI=1S/C20H15N3O2S/c1-13-5-4-6-14(11-13)22-12-17-15-7-2-3-8-16(15)18(24)23(19(17)25)20-21-9-10-26-20/h2-12,25H,1H3. The van der Waals surface area contributed by atoms with Crippen molar-refractivity contribution in [3.8, 4) is 11.0 Å². The topological polar surface area (TPSA) is 67.5 Å². The zero-order valence-electron chi connectivity index (χ0n) is 14.0. The number of aryl methyl sites for hydroxylation is 1. The van der Waals surface area contributed by atoms with E-state index in [1.165, 1.54) is 15.9 Å². The van der Waals surface area contributed by atoms with Crippen molar-refractivity contribution in [2.24, 2.45) is 4.99 Å². The minimum Gasteiger partial charge on any atom is -0.494 e. The second-order valence-electron chi connectivity index (χ2n) is 5.84. The van der Waals surface area contributed by atoms with Crippen LogP contribution < -0.4 is 5.56 Å². The predicted molar refractivity (Wildman–Crippen MR) is 105 cm³/mol. The molecule has 26 heavy (non-hydrogen) atoms. The fourth-order valence-electron chi connectivity index (χ4n) is 2.84. The maximum absolute atomic E-state index is 12.8. The molecule has 0 atom stereocenters. The van der Waals surface area contributed by atoms with Gasteiger partial charge in [-0.25, -0.2) is 9.55 Å². The van der Waals surface area contributed by atoms with Crippen molar-refractivity contribution < 1.29 is 5.11 Å². The molecule has 2 aromatic heterocycles. The summed E-state index contributed by atoms with van der Waals surface area (Å²) >= 11 is 1.29. The molecule has 1 N–H and O–H groups in total. The van der Waals surface area contributed by atoms with Gasteiger partial charge in [0.15, 0.2) is 5.13 Å². The molecule has 4 rings (SSSR count). The van der Waals surface area contributed by atoms with Crippen LogP contribution in [0.3, 0.4) is 0 Å². The van der Waals surface area contributed by atoms with E-state index in [2.05, 4.69) is 9.98 Å². The molecule has 0 unspecified atom stereocenters. The largest absolute Gasteiger partial charge is 0.494 e. The van der Waals surface area contributed by atoms with Crippen LogP contribution in [0.4, 0.5) is 5.69 Å². The average molecular weight is 361 g/mol. The molecule has 0 fully saturated rings. The van der Waals surface area contributed by atoms with Crippen LogP contribution in [0.5, 0.6) is 5.88 Å². The first-order chi connectivity index (χ1) is 12.6. The lowest BCUT2D eigenvalue weighted by molar-refractivity contribution is 0.436. The summed E-state index contributed by atoms with van der Waals surface area (Å²) in [5.74, 6) is -0.167. The summed E-state index contributed by atoms with van der Waals surface area (Å²) in [6.07, 6.45) is 3.19. The Morgan fingerprint density at radius 3 is 2.69 bits per heavy atom. The van der Waals surface area contributed by atoms with Gasteiger partial charge in [0.05, 0.1) is 11.3 Å². The Morgan fingerprint density at radius 1 is 1.15 bits per heavy atom. The highest BCUT2D eigenvalue weighted by molar-refractivity contribution is 7.12. The molecule has 128 valence electrons. The van der Waals surface area contributed by atoms with Gasteiger partial charge in [-0.05, 0) is 30.7 Å². The zero-order valence-corrected chi connectivity index (χ0v) is 14.8. The lowest BCUT2D eigenvalue weighted by Gasteiger charge is -2.11. The molecular weight excluding hydrogens is 346 g/mol. The fraction of sp³-hybridized carbons (Fsp3) is 0.0500. The first-order valence-electron chi connectivity index (χ1n) is 8.02. The van der Waals surface area contributed by atoms with Gasteiger partial charge in [0.1, 0.15) is 0 Å². The van der Waals surface area contributed by atoms with E-state index in [1.807, 2.05) is 37.3 Å². The van der Waals surface area contributed by atoms with Crippen LogP contribution >= 0.6 is 11.3 Å². The molecule has 0 aliphatic carbocycles. The monoisotopic (exact) mass is 361 g/mol. The number of aromatic hydroxyl groups is 1. The van der Waals surface area contributed by atoms with Gasteiger partial charge in [-0.15, -0.1) is 11.3 Å². The summed E-state index contributed by atoms with van der Waals surface area (Å²) in [7, 11) is 0. The predicted octanol–water partition coefficient (Wildman–Crippen LogP) is 4.21. The third-order valence-corrected chi connectivity index (χ3v) is 4.81. The van der Waals surface area contributed by atoms with Crippen molar-refractivity contribution in [2.45, 2.75) is 6.92 Å². The first-order valence-corrected chi connectivity index (χ1v) is 8.90. The number of aromatic nitrogens is 2. The molecule has 0 aliphatic heterocycles. The Labute approximate surface area is 153 Å². The zero-order chi connectivity index (χ0) is 18.1. The quantitative estimate of drug-likeness (QED) is 0.556. The molecular formula is C20H15N3O2S. The van der Waals surface area contributed by atoms with Crippen molar-refractivity contribution in [3.63, 3.8) is 0 Å². The van der Waals surface area contributed by atoms with Crippen LogP contribution in [-0.4, -0.2) is 20.9 Å². The lowest BCUT2D eigenvalue weighted by Crippen LogP contribution is -2.19. The summed E-state index contributed by atoms with van der Waals surface area (Å²) in [6, 6.07) is 14.9. The second kappa shape index (κ2) is 6.57. The highest BCUT2D eigenvalue weighted by atomic mass is 32.1. The summed E-state index contributed by atoms with van der Waals surface area (Å²) in [5.41, 5.74) is 2.06. The van der Waals surface area contributed by atoms with E-state index in [1.54, 1.807) is 36.0 Å². The van der Waals surface area contributed by atoms with E-state index >= 15 is 0 Å². The number of pyridine rings is 1. The maximum Gasteiger partial charge on any atom is 0.267 e. The minimum absolute atomic E-state index is 0.167. The number of benzene rings is 2. The van der Waals surface area contributed by atoms with Gasteiger partial charge in [-0.1, -0.05) is 30.3 Å². The van der Waals surface area contributed by atoms with Crippen LogP contribution in [0.25, 0.3) is 15.9 Å². The Bertz CT molecular complexity index is 1180. The Morgan fingerprint density at radius 2 is 1.96 bits per heavy atom. The van der Waals surface area contributed by atoms with Crippen LogP contribution in [0, 0.1) is 6.92 Å². The fourth-order valence-corrected chi connectivity index (χ4v) is 3.48. The third-order valence-electron chi connectivity index (χ3n) is 4.06. The van der Waals surface area contributed by atoms with Gasteiger partial charge in [0, 0.05) is 28.6 Å². The van der Waals surface area contributed by atoms with E-state index in [0.29, 0.717) is 21.5 Å². The van der Waals surface area contributed by atoms with Crippen LogP contribution in [0.1, 0.15) is 11.1 Å². The van der Waals surface area contributed by atoms with Crippen molar-refractivity contribution in [2.75, 3.05) is 0 Å². The maximum atomic E-state index is 12.8. The number of rotatable bonds is 3. The van der Waals surface area contributed by atoms with Crippen LogP contribution in [0.2, 0.25) is 0 Å². The Kier molecular flexibility index (Phi) is 4.10. The summed E-state index contributed by atoms with van der Waals surface area (Å²) in [5, 5.41) is 14.1. The molecule has 0 spiro atoms. The summed E-state index contributed by atoms with van der Waals surface area (Å²) in [4.78, 5) is 21.5. The van der Waals surface area contributed by atoms with Gasteiger partial charge in [0.25, 0.3) is 5.56 Å². The molecule has 0 bridgehead atoms. The molecule has 2 heterocycles. The highest BCUT2D eigenvalue weighted by Crippen LogP contribution is 2.27. The Hall–Kier alpha value is -3.25. The average Bonchev–Trinajstić information content (AvgIpc) is 3.16. The second-order valence-corrected chi connectivity index (χ2v) is 6.71. The van der Waals surface area contributed by atoms with Crippen molar-refractivity contribution in [1.29, 1.82) is 0 Å². The smallest absolute Gasteiger partial charge is 0.267 e. The van der Waals surface area contributed by atoms with Crippen molar-refractivity contribution in [3.05, 3.63) is 81.6 Å². The molecule has 4 aromatic rings. The minimum atomic E-state index is -0.305. The normalized spacial score (nSPS) is 11.4. The number of aliphatic imine (C=N–C) groups is 1. The van der Waals surface area contributed by atoms with E-state index < -0.39 is 0 Å². The van der Waals surface area contributed by atoms with Gasteiger partial charge < -0.3 is 5.11 Å². The van der Waals surface area contributed by atoms with Gasteiger partial charge in [-0.2, -0.15) is 0 Å². The number of hydrogen-bond donors (Lipinski definition) is 1. The first kappa shape index (κ1) is 16.2. The molecule has 0 radical (unpaired) electrons. The summed E-state index contributed by atoms with van der Waals surface area (Å²) in [6.45, 7) is 1.99. The molecule has 0 saturated carbocycles. The lowest BCUT2D eigenvalue weighted by atomic mass is 10.1. The van der Waals surface area contributed by atoms with Crippen LogP contribution in [-0.2, 0) is 0 Å². The van der Waals surface area contributed by atoms with E-state index in [0.717, 1.165) is 11.3 Å². The number of hydrogen-bond acceptors (Lipinski definition) is 5. The van der Waals surface area contributed by atoms with Gasteiger partial charge >= 0.3 is 0 Å². The van der Waals surface area contributed by atoms with Gasteiger partial charge in [-0.3, -0.25) is 9.79 Å². The van der Waals surface area contributed by atoms with E-state index in [9.17, 15) is 9.90 Å². The van der Waals surface area contributed by atoms with Crippen molar-refractivity contribution >= 4 is 34.0 Å². The van der Waals surface area contributed by atoms with Gasteiger partial charge in [0.2, 0.25) is 5.88 Å².